The van der Waals surface area contributed by atoms with Crippen LogP contribution in [0.5, 0.6) is 5.75 Å². The van der Waals surface area contributed by atoms with Gasteiger partial charge in [0.05, 0.1) is 5.41 Å². The lowest BCUT2D eigenvalue weighted by Gasteiger charge is -2.55. The van der Waals surface area contributed by atoms with Crippen molar-refractivity contribution in [3.8, 4) is 5.75 Å². The van der Waals surface area contributed by atoms with Crippen LogP contribution in [-0.4, -0.2) is 17.9 Å². The van der Waals surface area contributed by atoms with Gasteiger partial charge >= 0.3 is 0 Å². The molecule has 5 nitrogen and oxygen atoms in total. The highest BCUT2D eigenvalue weighted by molar-refractivity contribution is 9.10. The summed E-state index contributed by atoms with van der Waals surface area (Å²) < 4.78 is 6.83. The topological polar surface area (TPSA) is 67.4 Å². The Morgan fingerprint density at radius 1 is 1.07 bits per heavy atom. The zero-order chi connectivity index (χ0) is 19.7. The maximum atomic E-state index is 13.0. The smallest absolute Gasteiger partial charge is 0.279 e. The van der Waals surface area contributed by atoms with E-state index in [0.717, 1.165) is 30.2 Å². The number of hydrogen-bond acceptors (Lipinski definition) is 3. The molecule has 4 aliphatic carbocycles. The van der Waals surface area contributed by atoms with E-state index in [0.29, 0.717) is 29.9 Å². The van der Waals surface area contributed by atoms with Gasteiger partial charge in [-0.25, -0.2) is 0 Å². The number of rotatable bonds is 6. The lowest BCUT2D eigenvalue weighted by Crippen LogP contribution is -2.58. The second kappa shape index (κ2) is 8.05. The number of halogens is 1. The highest BCUT2D eigenvalue weighted by atomic mass is 79.9. The van der Waals surface area contributed by atoms with Crippen molar-refractivity contribution in [2.75, 3.05) is 0 Å². The van der Waals surface area contributed by atoms with Crippen molar-refractivity contribution < 1.29 is 14.3 Å². The third kappa shape index (κ3) is 4.07. The van der Waals surface area contributed by atoms with E-state index in [4.69, 9.17) is 4.74 Å². The number of hydrogen-bond donors (Lipinski definition) is 2. The third-order valence-corrected chi connectivity index (χ3v) is 7.28. The lowest BCUT2D eigenvalue weighted by molar-refractivity contribution is -0.149. The zero-order valence-corrected chi connectivity index (χ0v) is 18.0. The fourth-order valence-corrected chi connectivity index (χ4v) is 6.17. The maximum Gasteiger partial charge on any atom is 0.279 e. The molecule has 0 radical (unpaired) electrons. The molecule has 0 saturated heterocycles. The van der Waals surface area contributed by atoms with Crippen LogP contribution < -0.4 is 15.6 Å². The minimum absolute atomic E-state index is 0.00107. The molecule has 4 bridgehead atoms. The summed E-state index contributed by atoms with van der Waals surface area (Å²) in [4.78, 5) is 25.7. The standard InChI is InChI=1S/C22H29BrN2O3/c1-2-3-19(28-18-6-4-17(23)5-7-18)20(26)24-25-21(27)22-11-14-8-15(12-22)10-16(9-14)13-22/h4-7,14-16,19H,2-3,8-13H2,1H3,(H,24,26)(H,25,27)/t14?,15?,16?,19-,22?/m1/s1. The van der Waals surface area contributed by atoms with Crippen molar-refractivity contribution >= 4 is 27.7 Å². The van der Waals surface area contributed by atoms with E-state index in [1.807, 2.05) is 31.2 Å². The summed E-state index contributed by atoms with van der Waals surface area (Å²) in [7, 11) is 0. The molecule has 0 aromatic heterocycles. The Kier molecular flexibility index (Phi) is 5.68. The summed E-state index contributed by atoms with van der Waals surface area (Å²) in [5, 5.41) is 0. The lowest BCUT2D eigenvalue weighted by atomic mass is 9.49. The summed E-state index contributed by atoms with van der Waals surface area (Å²) in [5.41, 5.74) is 5.13. The van der Waals surface area contributed by atoms with Gasteiger partial charge in [-0.1, -0.05) is 29.3 Å². The predicted octanol–water partition coefficient (Wildman–Crippen LogP) is 4.36. The molecule has 0 heterocycles. The Hall–Kier alpha value is -1.56. The van der Waals surface area contributed by atoms with Crippen molar-refractivity contribution in [2.45, 2.75) is 64.4 Å². The number of nitrogens with one attached hydrogen (secondary N) is 2. The van der Waals surface area contributed by atoms with Gasteiger partial charge in [-0.05, 0) is 87.0 Å². The van der Waals surface area contributed by atoms with Gasteiger partial charge in [0.25, 0.3) is 5.91 Å². The van der Waals surface area contributed by atoms with Gasteiger partial charge in [0.1, 0.15) is 5.75 Å². The Bertz CT molecular complexity index is 699. The van der Waals surface area contributed by atoms with Gasteiger partial charge < -0.3 is 4.74 Å². The molecular weight excluding hydrogens is 420 g/mol. The quantitative estimate of drug-likeness (QED) is 0.635. The number of benzene rings is 1. The maximum absolute atomic E-state index is 13.0. The van der Waals surface area contributed by atoms with Crippen molar-refractivity contribution in [1.29, 1.82) is 0 Å². The minimum atomic E-state index is -0.622. The second-order valence-corrected chi connectivity index (χ2v) is 9.91. The molecule has 4 aliphatic rings. The third-order valence-electron chi connectivity index (χ3n) is 6.75. The van der Waals surface area contributed by atoms with Gasteiger partial charge in [0, 0.05) is 4.47 Å². The molecule has 0 aliphatic heterocycles. The van der Waals surface area contributed by atoms with Crippen LogP contribution in [0.15, 0.2) is 28.7 Å². The minimum Gasteiger partial charge on any atom is -0.481 e. The van der Waals surface area contributed by atoms with Crippen LogP contribution in [0.1, 0.15) is 58.3 Å². The van der Waals surface area contributed by atoms with Crippen LogP contribution >= 0.6 is 15.9 Å². The summed E-state index contributed by atoms with van der Waals surface area (Å²) in [6.07, 6.45) is 7.60. The van der Waals surface area contributed by atoms with Crippen molar-refractivity contribution in [3.05, 3.63) is 28.7 Å². The highest BCUT2D eigenvalue weighted by Gasteiger charge is 2.54. The summed E-state index contributed by atoms with van der Waals surface area (Å²) in [6.45, 7) is 2.01. The predicted molar refractivity (Wildman–Crippen MR) is 110 cm³/mol. The highest BCUT2D eigenvalue weighted by Crippen LogP contribution is 2.60. The average Bonchev–Trinajstić information content (AvgIpc) is 2.66. The van der Waals surface area contributed by atoms with Gasteiger partial charge in [-0.2, -0.15) is 0 Å². The molecule has 4 fully saturated rings. The first kappa shape index (κ1) is 19.7. The molecule has 0 spiro atoms. The van der Waals surface area contributed by atoms with Crippen molar-refractivity contribution in [2.24, 2.45) is 23.2 Å². The van der Waals surface area contributed by atoms with Gasteiger partial charge in [-0.3, -0.25) is 20.4 Å². The number of ether oxygens (including phenoxy) is 1. The van der Waals surface area contributed by atoms with E-state index in [-0.39, 0.29) is 17.2 Å². The van der Waals surface area contributed by atoms with E-state index in [9.17, 15) is 9.59 Å². The van der Waals surface area contributed by atoms with Gasteiger partial charge in [-0.15, -0.1) is 0 Å². The van der Waals surface area contributed by atoms with E-state index in [1.165, 1.54) is 19.3 Å². The molecule has 1 aromatic carbocycles. The van der Waals surface area contributed by atoms with Gasteiger partial charge in [0.15, 0.2) is 6.10 Å². The van der Waals surface area contributed by atoms with Crippen LogP contribution in [0.4, 0.5) is 0 Å². The molecule has 2 N–H and O–H groups in total. The molecule has 4 saturated carbocycles. The van der Waals surface area contributed by atoms with Crippen LogP contribution in [0.3, 0.4) is 0 Å². The fraction of sp³-hybridized carbons (Fsp3) is 0.636. The summed E-state index contributed by atoms with van der Waals surface area (Å²) in [6, 6.07) is 7.41. The largest absolute Gasteiger partial charge is 0.481 e. The summed E-state index contributed by atoms with van der Waals surface area (Å²) in [5.74, 6) is 2.44. The van der Waals surface area contributed by atoms with Gasteiger partial charge in [0.2, 0.25) is 5.91 Å². The van der Waals surface area contributed by atoms with Crippen LogP contribution in [0.2, 0.25) is 0 Å². The normalized spacial score (nSPS) is 31.3. The molecule has 1 aromatic rings. The molecule has 28 heavy (non-hydrogen) atoms. The molecule has 0 unspecified atom stereocenters. The van der Waals surface area contributed by atoms with Crippen molar-refractivity contribution in [1.82, 2.24) is 10.9 Å². The molecule has 2 amide bonds. The number of hydrazine groups is 1. The molecule has 152 valence electrons. The first-order valence-electron chi connectivity index (χ1n) is 10.5. The van der Waals surface area contributed by atoms with E-state index in [2.05, 4.69) is 26.8 Å². The number of amides is 2. The van der Waals surface area contributed by atoms with Crippen LogP contribution in [0, 0.1) is 23.2 Å². The molecule has 5 rings (SSSR count). The monoisotopic (exact) mass is 448 g/mol. The molecular formula is C22H29BrN2O3. The SMILES string of the molecule is CCC[C@@H](Oc1ccc(Br)cc1)C(=O)NNC(=O)C12CC3CC(CC(C3)C1)C2. The van der Waals surface area contributed by atoms with E-state index >= 15 is 0 Å². The van der Waals surface area contributed by atoms with Crippen LogP contribution in [0.25, 0.3) is 0 Å². The number of carbonyl (C=O) groups is 2. The fourth-order valence-electron chi connectivity index (χ4n) is 5.90. The Morgan fingerprint density at radius 2 is 1.64 bits per heavy atom. The Balaban J connectivity index is 1.35. The molecule has 1 atom stereocenters. The average molecular weight is 449 g/mol. The Labute approximate surface area is 175 Å². The van der Waals surface area contributed by atoms with Crippen molar-refractivity contribution in [3.63, 3.8) is 0 Å². The molecule has 6 heteroatoms. The number of carbonyl (C=O) groups excluding carboxylic acids is 2. The summed E-state index contributed by atoms with van der Waals surface area (Å²) >= 11 is 3.40. The Morgan fingerprint density at radius 3 is 2.18 bits per heavy atom. The van der Waals surface area contributed by atoms with Crippen LogP contribution in [-0.2, 0) is 9.59 Å². The van der Waals surface area contributed by atoms with E-state index < -0.39 is 6.10 Å². The zero-order valence-electron chi connectivity index (χ0n) is 16.4. The first-order valence-corrected chi connectivity index (χ1v) is 11.3. The first-order chi connectivity index (χ1) is 13.5. The van der Waals surface area contributed by atoms with E-state index in [1.54, 1.807) is 0 Å². The second-order valence-electron chi connectivity index (χ2n) is 8.99.